The van der Waals surface area contributed by atoms with Gasteiger partial charge in [0.25, 0.3) is 11.6 Å². The van der Waals surface area contributed by atoms with Gasteiger partial charge in [-0.3, -0.25) is 14.9 Å². The summed E-state index contributed by atoms with van der Waals surface area (Å²) in [5.74, 6) is -0.308. The van der Waals surface area contributed by atoms with Crippen molar-refractivity contribution in [1.82, 2.24) is 5.32 Å². The van der Waals surface area contributed by atoms with E-state index < -0.39 is 4.92 Å². The molecule has 0 aliphatic heterocycles. The molecule has 0 saturated heterocycles. The third-order valence-corrected chi connectivity index (χ3v) is 3.42. The zero-order chi connectivity index (χ0) is 16.0. The Morgan fingerprint density at radius 3 is 2.67 bits per heavy atom. The van der Waals surface area contributed by atoms with E-state index in [-0.39, 0.29) is 22.0 Å². The van der Waals surface area contributed by atoms with Gasteiger partial charge in [-0.25, -0.2) is 0 Å². The van der Waals surface area contributed by atoms with Gasteiger partial charge in [0.05, 0.1) is 4.92 Å². The molecular formula is C14H19ClN2O4. The average Bonchev–Trinajstić information content (AvgIpc) is 2.42. The first-order chi connectivity index (χ1) is 9.76. The van der Waals surface area contributed by atoms with Crippen LogP contribution in [0.4, 0.5) is 5.69 Å². The van der Waals surface area contributed by atoms with Crippen LogP contribution >= 0.6 is 11.6 Å². The molecule has 0 unspecified atom stereocenters. The molecule has 0 bridgehead atoms. The number of nitro groups is 1. The Labute approximate surface area is 128 Å². The van der Waals surface area contributed by atoms with Gasteiger partial charge in [0.15, 0.2) is 0 Å². The minimum absolute atomic E-state index is 0.0497. The third kappa shape index (κ3) is 5.32. The van der Waals surface area contributed by atoms with Crippen LogP contribution in [0.5, 0.6) is 0 Å². The number of nitrogens with one attached hydrogen (secondary N) is 1. The molecule has 0 spiro atoms. The van der Waals surface area contributed by atoms with Gasteiger partial charge in [0, 0.05) is 31.9 Å². The maximum atomic E-state index is 12.0. The number of ether oxygens (including phenoxy) is 1. The minimum Gasteiger partial charge on any atom is -0.385 e. The average molecular weight is 315 g/mol. The quantitative estimate of drug-likeness (QED) is 0.619. The Morgan fingerprint density at radius 2 is 2.14 bits per heavy atom. The summed E-state index contributed by atoms with van der Waals surface area (Å²) in [5, 5.41) is 13.4. The van der Waals surface area contributed by atoms with Gasteiger partial charge in [0.1, 0.15) is 5.02 Å². The van der Waals surface area contributed by atoms with Crippen molar-refractivity contribution in [3.05, 3.63) is 38.9 Å². The molecule has 1 rings (SSSR count). The Morgan fingerprint density at radius 1 is 1.48 bits per heavy atom. The lowest BCUT2D eigenvalue weighted by atomic mass is 9.89. The van der Waals surface area contributed by atoms with Crippen molar-refractivity contribution >= 4 is 23.2 Å². The second-order valence-corrected chi connectivity index (χ2v) is 5.92. The van der Waals surface area contributed by atoms with Gasteiger partial charge < -0.3 is 10.1 Å². The number of amides is 1. The molecule has 0 aliphatic rings. The lowest BCUT2D eigenvalue weighted by Gasteiger charge is -2.24. The zero-order valence-electron chi connectivity index (χ0n) is 12.3. The summed E-state index contributed by atoms with van der Waals surface area (Å²) >= 11 is 5.79. The molecule has 0 aromatic heterocycles. The number of benzene rings is 1. The summed E-state index contributed by atoms with van der Waals surface area (Å²) in [5.41, 5.74) is -0.0160. The molecule has 0 aliphatic carbocycles. The number of hydrogen-bond donors (Lipinski definition) is 1. The van der Waals surface area contributed by atoms with Gasteiger partial charge in [-0.1, -0.05) is 25.4 Å². The van der Waals surface area contributed by atoms with Crippen LogP contribution in [0.1, 0.15) is 30.6 Å². The van der Waals surface area contributed by atoms with Gasteiger partial charge in [0.2, 0.25) is 0 Å². The fourth-order valence-corrected chi connectivity index (χ4v) is 1.93. The molecule has 116 valence electrons. The van der Waals surface area contributed by atoms with Crippen LogP contribution in [-0.4, -0.2) is 31.1 Å². The molecule has 6 nitrogen and oxygen atoms in total. The van der Waals surface area contributed by atoms with E-state index in [1.54, 1.807) is 7.11 Å². The highest BCUT2D eigenvalue weighted by Gasteiger charge is 2.20. The number of methoxy groups -OCH3 is 1. The van der Waals surface area contributed by atoms with Gasteiger partial charge in [-0.05, 0) is 24.0 Å². The van der Waals surface area contributed by atoms with Crippen LogP contribution in [0.3, 0.4) is 0 Å². The van der Waals surface area contributed by atoms with Crippen LogP contribution in [0.15, 0.2) is 18.2 Å². The SMILES string of the molecule is COCCC(C)(C)CNC(=O)c1ccc([N+](=O)[O-])c(Cl)c1. The smallest absolute Gasteiger partial charge is 0.287 e. The van der Waals surface area contributed by atoms with Crippen LogP contribution in [0.2, 0.25) is 5.02 Å². The number of nitro benzene ring substituents is 1. The van der Waals surface area contributed by atoms with Crippen molar-refractivity contribution in [3.8, 4) is 0 Å². The number of carbonyl (C=O) groups excluding carboxylic acids is 1. The number of nitrogens with zero attached hydrogens (tertiary/aromatic N) is 1. The van der Waals surface area contributed by atoms with E-state index in [0.717, 1.165) is 6.42 Å². The largest absolute Gasteiger partial charge is 0.385 e. The second kappa shape index (κ2) is 7.38. The molecule has 1 amide bonds. The third-order valence-electron chi connectivity index (χ3n) is 3.12. The Kier molecular flexibility index (Phi) is 6.11. The van der Waals surface area contributed by atoms with Crippen molar-refractivity contribution in [1.29, 1.82) is 0 Å². The predicted octanol–water partition coefficient (Wildman–Crippen LogP) is 3.04. The van der Waals surface area contributed by atoms with Crippen molar-refractivity contribution in [3.63, 3.8) is 0 Å². The van der Waals surface area contributed by atoms with Crippen LogP contribution in [0.25, 0.3) is 0 Å². The van der Waals surface area contributed by atoms with E-state index in [1.165, 1.54) is 18.2 Å². The lowest BCUT2D eigenvalue weighted by Crippen LogP contribution is -2.34. The zero-order valence-corrected chi connectivity index (χ0v) is 13.1. The van der Waals surface area contributed by atoms with Crippen LogP contribution < -0.4 is 5.32 Å². The molecule has 7 heteroatoms. The first kappa shape index (κ1) is 17.4. The highest BCUT2D eigenvalue weighted by molar-refractivity contribution is 6.33. The monoisotopic (exact) mass is 314 g/mol. The lowest BCUT2D eigenvalue weighted by molar-refractivity contribution is -0.384. The maximum absolute atomic E-state index is 12.0. The second-order valence-electron chi connectivity index (χ2n) is 5.51. The molecule has 1 aromatic carbocycles. The van der Waals surface area contributed by atoms with Crippen molar-refractivity contribution in [2.24, 2.45) is 5.41 Å². The summed E-state index contributed by atoms with van der Waals surface area (Å²) in [6, 6.07) is 3.92. The fourth-order valence-electron chi connectivity index (χ4n) is 1.68. The van der Waals surface area contributed by atoms with E-state index in [1.807, 2.05) is 13.8 Å². The van der Waals surface area contributed by atoms with E-state index in [9.17, 15) is 14.9 Å². The van der Waals surface area contributed by atoms with Crippen molar-refractivity contribution < 1.29 is 14.5 Å². The first-order valence-corrected chi connectivity index (χ1v) is 6.86. The Hall–Kier alpha value is -1.66. The first-order valence-electron chi connectivity index (χ1n) is 6.48. The highest BCUT2D eigenvalue weighted by Crippen LogP contribution is 2.25. The topological polar surface area (TPSA) is 81.5 Å². The normalized spacial score (nSPS) is 11.2. The van der Waals surface area contributed by atoms with Gasteiger partial charge >= 0.3 is 0 Å². The van der Waals surface area contributed by atoms with Crippen molar-refractivity contribution in [2.45, 2.75) is 20.3 Å². The standard InChI is InChI=1S/C14H19ClN2O4/c1-14(2,6-7-21-3)9-16-13(18)10-4-5-12(17(19)20)11(15)8-10/h4-5,8H,6-7,9H2,1-3H3,(H,16,18). The Bertz CT molecular complexity index is 532. The number of halogens is 1. The number of rotatable bonds is 7. The molecule has 0 fully saturated rings. The number of carbonyl (C=O) groups is 1. The van der Waals surface area contributed by atoms with E-state index in [4.69, 9.17) is 16.3 Å². The summed E-state index contributed by atoms with van der Waals surface area (Å²) in [6.45, 7) is 5.14. The predicted molar refractivity (Wildman–Crippen MR) is 80.7 cm³/mol. The fraction of sp³-hybridized carbons (Fsp3) is 0.500. The molecule has 0 atom stereocenters. The summed E-state index contributed by atoms with van der Waals surface area (Å²) < 4.78 is 5.03. The molecule has 21 heavy (non-hydrogen) atoms. The molecule has 1 aromatic rings. The summed E-state index contributed by atoms with van der Waals surface area (Å²) in [4.78, 5) is 22.1. The molecule has 0 radical (unpaired) electrons. The van der Waals surface area contributed by atoms with E-state index in [0.29, 0.717) is 18.7 Å². The maximum Gasteiger partial charge on any atom is 0.287 e. The van der Waals surface area contributed by atoms with Gasteiger partial charge in [-0.15, -0.1) is 0 Å². The van der Waals surface area contributed by atoms with Crippen molar-refractivity contribution in [2.75, 3.05) is 20.3 Å². The molecule has 0 heterocycles. The van der Waals surface area contributed by atoms with E-state index >= 15 is 0 Å². The minimum atomic E-state index is -0.585. The molecular weight excluding hydrogens is 296 g/mol. The molecule has 1 N–H and O–H groups in total. The van der Waals surface area contributed by atoms with E-state index in [2.05, 4.69) is 5.32 Å². The van der Waals surface area contributed by atoms with Crippen LogP contribution in [-0.2, 0) is 4.74 Å². The van der Waals surface area contributed by atoms with Crippen LogP contribution in [0, 0.1) is 15.5 Å². The summed E-state index contributed by atoms with van der Waals surface area (Å²) in [6.07, 6.45) is 0.810. The summed E-state index contributed by atoms with van der Waals surface area (Å²) in [7, 11) is 1.63. The Balaban J connectivity index is 2.68. The molecule has 0 saturated carbocycles. The van der Waals surface area contributed by atoms with Gasteiger partial charge in [-0.2, -0.15) is 0 Å². The number of hydrogen-bond acceptors (Lipinski definition) is 4. The highest BCUT2D eigenvalue weighted by atomic mass is 35.5.